The van der Waals surface area contributed by atoms with E-state index < -0.39 is 35.2 Å². The number of furan rings is 6. The van der Waals surface area contributed by atoms with Crippen molar-refractivity contribution in [1.29, 1.82) is 0 Å². The zero-order chi connectivity index (χ0) is 73.3. The molecule has 21 rings (SSSR count). The van der Waals surface area contributed by atoms with Crippen LogP contribution in [0.25, 0.3) is 199 Å². The first-order valence-corrected chi connectivity index (χ1v) is 33.9. The van der Waals surface area contributed by atoms with Crippen LogP contribution in [0.15, 0.2) is 300 Å². The van der Waals surface area contributed by atoms with Gasteiger partial charge in [-0.1, -0.05) is 233 Å². The molecule has 528 valence electrons. The molecule has 0 aliphatic heterocycles. The SMILES string of the molecule is FC(F)(F)c1ccc(-c2[c-]ccc3c2oc2c(-c4cccc5c4oc4ccccc45)cccc23)nc1.FC(F)(F)c1ccc(-c2[c-]ccc3c2oc2c(-c4cccc5c4oc4ccccc45)cccc23)nc1.FC(F)(F)c1ccc(-c2[c-]ccc3c2oc2c(-c4cccc5c4oc4ccccc45)cccc23)nc1.[Ir+3]. The average Bonchev–Trinajstić information content (AvgIpc) is 1.59. The fourth-order valence-electron chi connectivity index (χ4n) is 14.5. The van der Waals surface area contributed by atoms with Crippen LogP contribution in [0.3, 0.4) is 0 Å². The van der Waals surface area contributed by atoms with Crippen LogP contribution in [0, 0.1) is 18.2 Å². The third kappa shape index (κ3) is 11.6. The zero-order valence-electron chi connectivity index (χ0n) is 56.0. The fourth-order valence-corrected chi connectivity index (χ4v) is 14.5. The van der Waals surface area contributed by atoms with Crippen molar-refractivity contribution in [2.45, 2.75) is 18.5 Å². The minimum Gasteiger partial charge on any atom is -0.500 e. The van der Waals surface area contributed by atoms with Crippen molar-refractivity contribution in [1.82, 2.24) is 15.0 Å². The summed E-state index contributed by atoms with van der Waals surface area (Å²) in [5, 5.41) is 11.3. The number of aromatic nitrogens is 3. The van der Waals surface area contributed by atoms with E-state index in [1.807, 2.05) is 200 Å². The number of nitrogens with zero attached hydrogens (tertiary/aromatic N) is 3. The van der Waals surface area contributed by atoms with Crippen LogP contribution < -0.4 is 0 Å². The minimum atomic E-state index is -4.45. The van der Waals surface area contributed by atoms with E-state index >= 15 is 0 Å². The molecule has 0 amide bonds. The van der Waals surface area contributed by atoms with Gasteiger partial charge in [-0.3, -0.25) is 0 Å². The molecule has 0 N–H and O–H groups in total. The Bertz CT molecular complexity index is 6470. The van der Waals surface area contributed by atoms with Crippen molar-refractivity contribution in [3.63, 3.8) is 0 Å². The van der Waals surface area contributed by atoms with Crippen LogP contribution in [-0.2, 0) is 38.6 Å². The number of halogens is 9. The average molecular weight is 1630 g/mol. The van der Waals surface area contributed by atoms with Crippen molar-refractivity contribution < 1.29 is 86.1 Å². The van der Waals surface area contributed by atoms with Gasteiger partial charge in [-0.15, -0.1) is 54.6 Å². The number of alkyl halides is 9. The molecule has 0 saturated heterocycles. The van der Waals surface area contributed by atoms with Gasteiger partial charge in [0.15, 0.2) is 0 Å². The molecule has 0 aliphatic rings. The molecule has 0 atom stereocenters. The van der Waals surface area contributed by atoms with Gasteiger partial charge in [-0.05, 0) is 35.3 Å². The molecule has 0 fully saturated rings. The quantitative estimate of drug-likeness (QED) is 0.118. The van der Waals surface area contributed by atoms with Gasteiger partial charge in [0.2, 0.25) is 0 Å². The predicted molar refractivity (Wildman–Crippen MR) is 401 cm³/mol. The summed E-state index contributed by atoms with van der Waals surface area (Å²) < 4.78 is 155. The summed E-state index contributed by atoms with van der Waals surface area (Å²) >= 11 is 0. The number of rotatable bonds is 6. The smallest absolute Gasteiger partial charge is 0.500 e. The molecular formula is C90H45F9IrN3O6. The maximum absolute atomic E-state index is 13.0. The van der Waals surface area contributed by atoms with Crippen molar-refractivity contribution in [2.75, 3.05) is 0 Å². The summed E-state index contributed by atoms with van der Waals surface area (Å²) in [6.07, 6.45) is -10.9. The Balaban J connectivity index is 0.000000114. The Labute approximate surface area is 623 Å². The number of hydrogen-bond donors (Lipinski definition) is 0. The van der Waals surface area contributed by atoms with Crippen LogP contribution in [0.4, 0.5) is 39.5 Å². The molecule has 0 aliphatic carbocycles. The Morgan fingerprint density at radius 3 is 0.679 bits per heavy atom. The summed E-state index contributed by atoms with van der Waals surface area (Å²) in [4.78, 5) is 12.2. The summed E-state index contributed by atoms with van der Waals surface area (Å²) in [7, 11) is 0. The maximum Gasteiger partial charge on any atom is 3.00 e. The van der Waals surface area contributed by atoms with Gasteiger partial charge in [0, 0.05) is 100 Å². The van der Waals surface area contributed by atoms with Crippen LogP contribution in [0.1, 0.15) is 16.7 Å². The van der Waals surface area contributed by atoms with Gasteiger partial charge in [0.1, 0.15) is 50.2 Å². The van der Waals surface area contributed by atoms with Gasteiger partial charge in [0.25, 0.3) is 0 Å². The Hall–Kier alpha value is -13.1. The summed E-state index contributed by atoms with van der Waals surface area (Å²) in [5.41, 5.74) is 13.7. The molecule has 19 heteroatoms. The van der Waals surface area contributed by atoms with Crippen LogP contribution in [0.5, 0.6) is 0 Å². The standard InChI is InChI=1S/3C30H15F3NO2.Ir/c3*31-30(32,33)17-14-15-25(34-16-17)24-12-5-11-23-22-10-4-9-21(28(22)36-29(23)24)20-8-3-7-19-18-6-1-2-13-26(18)35-27(19)20;/h3*1-11,13-16H;/q3*-1;+3. The molecule has 0 radical (unpaired) electrons. The largest absolute Gasteiger partial charge is 3.00 e. The minimum absolute atomic E-state index is 0. The Morgan fingerprint density at radius 1 is 0.220 bits per heavy atom. The third-order valence-corrected chi connectivity index (χ3v) is 19.5. The van der Waals surface area contributed by atoms with Gasteiger partial charge in [-0.2, -0.15) is 39.5 Å². The number of fused-ring (bicyclic) bond motifs is 18. The summed E-state index contributed by atoms with van der Waals surface area (Å²) in [6.45, 7) is 0. The molecule has 9 heterocycles. The zero-order valence-corrected chi connectivity index (χ0v) is 58.4. The molecule has 12 aromatic carbocycles. The predicted octanol–water partition coefficient (Wildman–Crippen LogP) is 27.1. The van der Waals surface area contributed by atoms with E-state index in [4.69, 9.17) is 26.5 Å². The Morgan fingerprint density at radius 2 is 0.440 bits per heavy atom. The fraction of sp³-hybridized carbons (Fsp3) is 0.0333. The van der Waals surface area contributed by atoms with E-state index in [-0.39, 0.29) is 20.1 Å². The van der Waals surface area contributed by atoms with Gasteiger partial charge in [0.05, 0.1) is 33.4 Å². The second kappa shape index (κ2) is 26.1. The van der Waals surface area contributed by atoms with Crippen molar-refractivity contribution in [3.8, 4) is 67.2 Å². The number of hydrogen-bond acceptors (Lipinski definition) is 9. The first-order chi connectivity index (χ1) is 52.5. The second-order valence-electron chi connectivity index (χ2n) is 25.8. The Kier molecular flexibility index (Phi) is 16.3. The van der Waals surface area contributed by atoms with Crippen LogP contribution in [-0.4, -0.2) is 15.0 Å². The van der Waals surface area contributed by atoms with E-state index in [1.54, 1.807) is 18.2 Å². The van der Waals surface area contributed by atoms with Gasteiger partial charge < -0.3 is 41.5 Å². The number of benzene rings is 12. The topological polar surface area (TPSA) is 118 Å². The molecule has 0 saturated carbocycles. The van der Waals surface area contributed by atoms with Crippen LogP contribution >= 0.6 is 0 Å². The van der Waals surface area contributed by atoms with Crippen LogP contribution in [0.2, 0.25) is 0 Å². The van der Waals surface area contributed by atoms with Crippen molar-refractivity contribution in [3.05, 3.63) is 308 Å². The van der Waals surface area contributed by atoms with E-state index in [9.17, 15) is 39.5 Å². The van der Waals surface area contributed by atoms with Crippen molar-refractivity contribution in [2.24, 2.45) is 0 Å². The van der Waals surface area contributed by atoms with Gasteiger partial charge >= 0.3 is 38.6 Å². The van der Waals surface area contributed by atoms with E-state index in [2.05, 4.69) is 33.2 Å². The third-order valence-electron chi connectivity index (χ3n) is 19.5. The molecule has 109 heavy (non-hydrogen) atoms. The van der Waals surface area contributed by atoms with E-state index in [1.165, 1.54) is 18.2 Å². The van der Waals surface area contributed by atoms with E-state index in [0.717, 1.165) is 168 Å². The molecule has 0 bridgehead atoms. The van der Waals surface area contributed by atoms with Gasteiger partial charge in [-0.25, -0.2) is 0 Å². The maximum atomic E-state index is 13.0. The normalized spacial score (nSPS) is 12.2. The molecule has 21 aromatic rings. The summed E-state index contributed by atoms with van der Waals surface area (Å²) in [6, 6.07) is 86.7. The first kappa shape index (κ1) is 67.8. The monoisotopic (exact) mass is 1630 g/mol. The second-order valence-corrected chi connectivity index (χ2v) is 25.8. The van der Waals surface area contributed by atoms with Crippen molar-refractivity contribution >= 4 is 132 Å². The molecule has 9 nitrogen and oxygen atoms in total. The number of para-hydroxylation sites is 9. The molecular weight excluding hydrogens is 1580 g/mol. The molecule has 0 spiro atoms. The number of pyridine rings is 3. The molecule has 0 unspecified atom stereocenters. The van der Waals surface area contributed by atoms with E-state index in [0.29, 0.717) is 67.3 Å². The molecule has 9 aromatic heterocycles. The first-order valence-electron chi connectivity index (χ1n) is 33.9. The summed E-state index contributed by atoms with van der Waals surface area (Å²) in [5.74, 6) is 0.